The first-order valence-corrected chi connectivity index (χ1v) is 10.8. The van der Waals surface area contributed by atoms with Gasteiger partial charge in [0.25, 0.3) is 0 Å². The van der Waals surface area contributed by atoms with Crippen molar-refractivity contribution >= 4 is 15.7 Å². The Bertz CT molecular complexity index is 863. The predicted octanol–water partition coefficient (Wildman–Crippen LogP) is 2.95. The van der Waals surface area contributed by atoms with Crippen molar-refractivity contribution in [2.24, 2.45) is 5.92 Å². The number of benzene rings is 2. The topological polar surface area (TPSA) is 63.7 Å². The van der Waals surface area contributed by atoms with Gasteiger partial charge >= 0.3 is 0 Å². The molecule has 27 heavy (non-hydrogen) atoms. The van der Waals surface area contributed by atoms with E-state index in [1.54, 1.807) is 42.3 Å². The summed E-state index contributed by atoms with van der Waals surface area (Å²) in [5, 5.41) is 0. The molecular weight excluding hydrogens is 362 g/mol. The van der Waals surface area contributed by atoms with Crippen LogP contribution in [0.25, 0.3) is 0 Å². The maximum absolute atomic E-state index is 12.4. The molecule has 2 aromatic rings. The lowest BCUT2D eigenvalue weighted by atomic mass is 9.99. The van der Waals surface area contributed by atoms with E-state index in [-0.39, 0.29) is 23.0 Å². The summed E-state index contributed by atoms with van der Waals surface area (Å²) in [6, 6.07) is 16.3. The molecule has 0 saturated carbocycles. The summed E-state index contributed by atoms with van der Waals surface area (Å²) in [6.07, 6.45) is 1.89. The molecule has 0 aromatic heterocycles. The van der Waals surface area contributed by atoms with Crippen LogP contribution in [0.1, 0.15) is 18.4 Å². The Morgan fingerprint density at radius 1 is 1.11 bits per heavy atom. The number of amides is 1. The molecule has 3 rings (SSSR count). The summed E-state index contributed by atoms with van der Waals surface area (Å²) in [6.45, 7) is 1.39. The summed E-state index contributed by atoms with van der Waals surface area (Å²) in [7, 11) is -1.77. The summed E-state index contributed by atoms with van der Waals surface area (Å²) in [5.74, 6) is 1.02. The van der Waals surface area contributed by atoms with Gasteiger partial charge in [-0.2, -0.15) is 0 Å². The molecule has 5 nitrogen and oxygen atoms in total. The van der Waals surface area contributed by atoms with Gasteiger partial charge in [-0.3, -0.25) is 4.79 Å². The standard InChI is InChI=1S/C21H25NO4S/c1-26-19-9-7-17(8-10-19)15-18-11-13-22(16-18)21(23)12-14-27(24,25)20-5-3-2-4-6-20/h2-10,18H,11-16H2,1H3. The van der Waals surface area contributed by atoms with Gasteiger partial charge in [0.2, 0.25) is 5.91 Å². The van der Waals surface area contributed by atoms with Crippen LogP contribution >= 0.6 is 0 Å². The van der Waals surface area contributed by atoms with Crippen LogP contribution in [0.4, 0.5) is 0 Å². The minimum Gasteiger partial charge on any atom is -0.497 e. The Morgan fingerprint density at radius 3 is 2.48 bits per heavy atom. The van der Waals surface area contributed by atoms with Crippen LogP contribution in [0.3, 0.4) is 0 Å². The minimum atomic E-state index is -3.41. The summed E-state index contributed by atoms with van der Waals surface area (Å²) >= 11 is 0. The Labute approximate surface area is 160 Å². The van der Waals surface area contributed by atoms with Crippen molar-refractivity contribution in [1.29, 1.82) is 0 Å². The molecule has 0 spiro atoms. The van der Waals surface area contributed by atoms with Gasteiger partial charge in [-0.15, -0.1) is 0 Å². The first-order valence-electron chi connectivity index (χ1n) is 9.16. The van der Waals surface area contributed by atoms with Crippen molar-refractivity contribution in [3.63, 3.8) is 0 Å². The molecule has 2 aromatic carbocycles. The van der Waals surface area contributed by atoms with E-state index >= 15 is 0 Å². The van der Waals surface area contributed by atoms with Crippen LogP contribution in [-0.4, -0.2) is 45.2 Å². The monoisotopic (exact) mass is 387 g/mol. The van der Waals surface area contributed by atoms with Gasteiger partial charge in [0.1, 0.15) is 5.75 Å². The normalized spacial score (nSPS) is 17.1. The van der Waals surface area contributed by atoms with E-state index in [0.29, 0.717) is 19.0 Å². The second-order valence-corrected chi connectivity index (χ2v) is 9.04. The third-order valence-electron chi connectivity index (χ3n) is 5.01. The smallest absolute Gasteiger partial charge is 0.223 e. The molecule has 1 amide bonds. The summed E-state index contributed by atoms with van der Waals surface area (Å²) in [5.41, 5.74) is 1.22. The van der Waals surface area contributed by atoms with Gasteiger partial charge in [0.15, 0.2) is 9.84 Å². The van der Waals surface area contributed by atoms with Crippen molar-refractivity contribution in [3.8, 4) is 5.75 Å². The zero-order valence-corrected chi connectivity index (χ0v) is 16.3. The van der Waals surface area contributed by atoms with Crippen molar-refractivity contribution in [1.82, 2.24) is 4.90 Å². The predicted molar refractivity (Wildman–Crippen MR) is 104 cm³/mol. The second kappa shape index (κ2) is 8.57. The highest BCUT2D eigenvalue weighted by Crippen LogP contribution is 2.23. The molecule has 0 bridgehead atoms. The van der Waals surface area contributed by atoms with E-state index in [4.69, 9.17) is 4.74 Å². The number of carbonyl (C=O) groups excluding carboxylic acids is 1. The van der Waals surface area contributed by atoms with Crippen LogP contribution < -0.4 is 4.74 Å². The Morgan fingerprint density at radius 2 is 1.81 bits per heavy atom. The Balaban J connectivity index is 1.50. The van der Waals surface area contributed by atoms with Gasteiger partial charge in [0.05, 0.1) is 17.8 Å². The molecular formula is C21H25NO4S. The lowest BCUT2D eigenvalue weighted by Crippen LogP contribution is -2.30. The zero-order chi connectivity index (χ0) is 19.3. The molecule has 1 unspecified atom stereocenters. The van der Waals surface area contributed by atoms with Crippen LogP contribution in [0, 0.1) is 5.92 Å². The SMILES string of the molecule is COc1ccc(CC2CCN(C(=O)CCS(=O)(=O)c3ccccc3)C2)cc1. The van der Waals surface area contributed by atoms with Gasteiger partial charge in [-0.25, -0.2) is 8.42 Å². The van der Waals surface area contributed by atoms with E-state index in [2.05, 4.69) is 12.1 Å². The number of likely N-dealkylation sites (tertiary alicyclic amines) is 1. The fourth-order valence-corrected chi connectivity index (χ4v) is 4.70. The molecule has 1 saturated heterocycles. The third-order valence-corrected chi connectivity index (χ3v) is 6.74. The number of carbonyl (C=O) groups is 1. The molecule has 1 atom stereocenters. The molecule has 0 aliphatic carbocycles. The largest absolute Gasteiger partial charge is 0.497 e. The van der Waals surface area contributed by atoms with E-state index < -0.39 is 9.84 Å². The number of hydrogen-bond donors (Lipinski definition) is 0. The third kappa shape index (κ3) is 5.10. The molecule has 1 heterocycles. The number of methoxy groups -OCH3 is 1. The number of hydrogen-bond acceptors (Lipinski definition) is 4. The van der Waals surface area contributed by atoms with Crippen molar-refractivity contribution in [3.05, 3.63) is 60.2 Å². The summed E-state index contributed by atoms with van der Waals surface area (Å²) in [4.78, 5) is 14.5. The van der Waals surface area contributed by atoms with Gasteiger partial charge in [0, 0.05) is 19.5 Å². The second-order valence-electron chi connectivity index (χ2n) is 6.93. The highest BCUT2D eigenvalue weighted by molar-refractivity contribution is 7.91. The van der Waals surface area contributed by atoms with Gasteiger partial charge < -0.3 is 9.64 Å². The van der Waals surface area contributed by atoms with Gasteiger partial charge in [-0.1, -0.05) is 30.3 Å². The number of nitrogens with zero attached hydrogens (tertiary/aromatic N) is 1. The lowest BCUT2D eigenvalue weighted by molar-refractivity contribution is -0.129. The quantitative estimate of drug-likeness (QED) is 0.733. The average Bonchev–Trinajstić information content (AvgIpc) is 3.16. The molecule has 1 aliphatic rings. The van der Waals surface area contributed by atoms with Gasteiger partial charge in [-0.05, 0) is 48.6 Å². The highest BCUT2D eigenvalue weighted by atomic mass is 32.2. The number of rotatable bonds is 7. The van der Waals surface area contributed by atoms with Crippen molar-refractivity contribution < 1.29 is 17.9 Å². The zero-order valence-electron chi connectivity index (χ0n) is 15.5. The molecule has 1 aliphatic heterocycles. The Kier molecular flexibility index (Phi) is 6.16. The summed E-state index contributed by atoms with van der Waals surface area (Å²) < 4.78 is 29.8. The van der Waals surface area contributed by atoms with E-state index in [0.717, 1.165) is 18.6 Å². The number of ether oxygens (including phenoxy) is 1. The Hall–Kier alpha value is -2.34. The fraction of sp³-hybridized carbons (Fsp3) is 0.381. The first-order chi connectivity index (χ1) is 13.0. The van der Waals surface area contributed by atoms with Crippen molar-refractivity contribution in [2.75, 3.05) is 26.0 Å². The lowest BCUT2D eigenvalue weighted by Gasteiger charge is -2.17. The van der Waals surface area contributed by atoms with E-state index in [1.165, 1.54) is 5.56 Å². The van der Waals surface area contributed by atoms with Crippen LogP contribution in [0.15, 0.2) is 59.5 Å². The fourth-order valence-electron chi connectivity index (χ4n) is 3.45. The maximum Gasteiger partial charge on any atom is 0.223 e. The first kappa shape index (κ1) is 19.4. The minimum absolute atomic E-state index is 0.0342. The molecule has 144 valence electrons. The molecule has 0 radical (unpaired) electrons. The highest BCUT2D eigenvalue weighted by Gasteiger charge is 2.27. The van der Waals surface area contributed by atoms with Crippen molar-refractivity contribution in [2.45, 2.75) is 24.2 Å². The van der Waals surface area contributed by atoms with E-state index in [1.807, 2.05) is 12.1 Å². The van der Waals surface area contributed by atoms with Crippen LogP contribution in [0.5, 0.6) is 5.75 Å². The average molecular weight is 388 g/mol. The molecule has 6 heteroatoms. The maximum atomic E-state index is 12.4. The van der Waals surface area contributed by atoms with E-state index in [9.17, 15) is 13.2 Å². The van der Waals surface area contributed by atoms with Crippen LogP contribution in [-0.2, 0) is 21.1 Å². The number of sulfone groups is 1. The molecule has 1 fully saturated rings. The molecule has 0 N–H and O–H groups in total. The van der Waals surface area contributed by atoms with Crippen LogP contribution in [0.2, 0.25) is 0 Å².